The predicted molar refractivity (Wildman–Crippen MR) is 183 cm³/mol. The summed E-state index contributed by atoms with van der Waals surface area (Å²) in [6.07, 6.45) is 9.57. The first kappa shape index (κ1) is 34.4. The lowest BCUT2D eigenvalue weighted by atomic mass is 9.85. The van der Waals surface area contributed by atoms with Crippen LogP contribution in [0.2, 0.25) is 0 Å². The number of nitrogens with one attached hydrogen (secondary N) is 1. The number of carbonyl (C=O) groups is 1. The van der Waals surface area contributed by atoms with E-state index >= 15 is 0 Å². The molecule has 0 aromatic heterocycles. The number of rotatable bonds is 10. The minimum atomic E-state index is -4.04. The molecule has 1 amide bonds. The molecule has 1 heterocycles. The van der Waals surface area contributed by atoms with Crippen LogP contribution in [0, 0.1) is 5.82 Å². The average molecular weight is 665 g/mol. The van der Waals surface area contributed by atoms with Crippen molar-refractivity contribution in [1.82, 2.24) is 9.80 Å². The summed E-state index contributed by atoms with van der Waals surface area (Å²) in [5.74, 6) is 0.155. The molecule has 5 rings (SSSR count). The van der Waals surface area contributed by atoms with Crippen LogP contribution < -0.4 is 14.2 Å². The Morgan fingerprint density at radius 2 is 1.64 bits per heavy atom. The fourth-order valence-corrected chi connectivity index (χ4v) is 7.84. The number of hydrogen-bond acceptors (Lipinski definition) is 7. The van der Waals surface area contributed by atoms with Crippen LogP contribution in [-0.2, 0) is 16.6 Å². The van der Waals surface area contributed by atoms with Crippen LogP contribution in [0.25, 0.3) is 0 Å². The Hall–Kier alpha value is -3.96. The van der Waals surface area contributed by atoms with E-state index in [0.717, 1.165) is 36.8 Å². The normalized spacial score (nSPS) is 16.9. The summed E-state index contributed by atoms with van der Waals surface area (Å²) in [6, 6.07) is 15.1. The monoisotopic (exact) mass is 664 g/mol. The Kier molecular flexibility index (Phi) is 11.5. The summed E-state index contributed by atoms with van der Waals surface area (Å²) in [5, 5.41) is 0. The number of aliphatic imine (C=N–C) groups is 1. The summed E-state index contributed by atoms with van der Waals surface area (Å²) in [7, 11) is -1.16. The number of sulfonamides is 1. The molecular weight excluding hydrogens is 619 g/mol. The van der Waals surface area contributed by atoms with E-state index in [9.17, 15) is 17.6 Å². The van der Waals surface area contributed by atoms with Gasteiger partial charge in [-0.15, -0.1) is 0 Å². The van der Waals surface area contributed by atoms with Crippen LogP contribution in [-0.4, -0.2) is 70.7 Å². The van der Waals surface area contributed by atoms with Gasteiger partial charge in [0.2, 0.25) is 0 Å². The maximum absolute atomic E-state index is 14.1. The number of piperazine rings is 1. The predicted octanol–water partition coefficient (Wildman–Crippen LogP) is 7.15. The largest absolute Gasteiger partial charge is 0.495 e. The molecule has 0 bridgehead atoms. The summed E-state index contributed by atoms with van der Waals surface area (Å²) >= 11 is 0. The Bertz CT molecular complexity index is 1680. The number of amides is 1. The van der Waals surface area contributed by atoms with Crippen LogP contribution in [0.5, 0.6) is 11.5 Å². The first-order chi connectivity index (χ1) is 22.7. The van der Waals surface area contributed by atoms with Gasteiger partial charge in [0, 0.05) is 44.5 Å². The topological polar surface area (TPSA) is 101 Å². The van der Waals surface area contributed by atoms with Crippen LogP contribution >= 0.6 is 0 Å². The number of halogens is 1. The number of methoxy groups -OCH3 is 2. The smallest absolute Gasteiger partial charge is 0.264 e. The van der Waals surface area contributed by atoms with Gasteiger partial charge in [0.05, 0.1) is 25.6 Å². The minimum absolute atomic E-state index is 0.118. The van der Waals surface area contributed by atoms with Crippen LogP contribution in [0.3, 0.4) is 0 Å². The third-order valence-electron chi connectivity index (χ3n) is 9.10. The Morgan fingerprint density at radius 3 is 2.30 bits per heavy atom. The Morgan fingerprint density at radius 1 is 0.936 bits per heavy atom. The standard InChI is InChI=1S/C36H45FN4O5S/c1-4-38-35-29(27-11-8-6-5-7-9-12-27)13-10-14-34(35)47(43,44)39-31-17-16-28(24-33(31)46-3)36(42)41-21-19-40(20-22-41)25-26-15-18-32(45-2)30(37)23-26/h4,10,13-18,23-24,27,39H,5-9,11-12,19-22,25H2,1-3H3. The summed E-state index contributed by atoms with van der Waals surface area (Å²) in [6.45, 7) is 4.64. The van der Waals surface area contributed by atoms with E-state index in [2.05, 4.69) is 14.6 Å². The van der Waals surface area contributed by atoms with Gasteiger partial charge in [-0.05, 0) is 73.2 Å². The highest BCUT2D eigenvalue weighted by Crippen LogP contribution is 2.40. The molecule has 1 saturated carbocycles. The van der Waals surface area contributed by atoms with Crippen molar-refractivity contribution in [2.24, 2.45) is 4.99 Å². The van der Waals surface area contributed by atoms with E-state index < -0.39 is 15.8 Å². The lowest BCUT2D eigenvalue weighted by Crippen LogP contribution is -2.48. The van der Waals surface area contributed by atoms with E-state index in [1.54, 1.807) is 54.4 Å². The first-order valence-electron chi connectivity index (χ1n) is 16.4. The van der Waals surface area contributed by atoms with Crippen molar-refractivity contribution in [3.8, 4) is 11.5 Å². The van der Waals surface area contributed by atoms with Crippen molar-refractivity contribution in [2.75, 3.05) is 45.1 Å². The van der Waals surface area contributed by atoms with Gasteiger partial charge in [-0.25, -0.2) is 12.8 Å². The van der Waals surface area contributed by atoms with Crippen molar-refractivity contribution in [3.05, 3.63) is 77.1 Å². The van der Waals surface area contributed by atoms with Crippen LogP contribution in [0.15, 0.2) is 64.5 Å². The number of carbonyl (C=O) groups excluding carboxylic acids is 1. The zero-order chi connectivity index (χ0) is 33.4. The third-order valence-corrected chi connectivity index (χ3v) is 10.5. The molecule has 47 heavy (non-hydrogen) atoms. The number of hydrogen-bond donors (Lipinski definition) is 1. The molecule has 1 aliphatic carbocycles. The highest BCUT2D eigenvalue weighted by Gasteiger charge is 2.27. The second-order valence-electron chi connectivity index (χ2n) is 12.2. The fourth-order valence-electron chi connectivity index (χ4n) is 6.59. The molecule has 252 valence electrons. The van der Waals surface area contributed by atoms with Gasteiger partial charge in [0.1, 0.15) is 10.6 Å². The molecule has 2 fully saturated rings. The van der Waals surface area contributed by atoms with E-state index in [0.29, 0.717) is 44.0 Å². The number of para-hydroxylation sites is 1. The van der Waals surface area contributed by atoms with Crippen LogP contribution in [0.1, 0.15) is 79.3 Å². The molecule has 9 nitrogen and oxygen atoms in total. The second-order valence-corrected chi connectivity index (χ2v) is 13.8. The molecule has 0 atom stereocenters. The van der Waals surface area contributed by atoms with Gasteiger partial charge in [0.25, 0.3) is 15.9 Å². The lowest BCUT2D eigenvalue weighted by Gasteiger charge is -2.35. The lowest BCUT2D eigenvalue weighted by molar-refractivity contribution is 0.0628. The molecule has 0 spiro atoms. The quantitative estimate of drug-likeness (QED) is 0.231. The maximum atomic E-state index is 14.1. The Balaban J connectivity index is 1.28. The minimum Gasteiger partial charge on any atom is -0.495 e. The maximum Gasteiger partial charge on any atom is 0.264 e. The van der Waals surface area contributed by atoms with E-state index in [4.69, 9.17) is 9.47 Å². The molecule has 0 unspecified atom stereocenters. The molecular formula is C36H45FN4O5S. The SMILES string of the molecule is CC=Nc1c(C2CCCCCCC2)cccc1S(=O)(=O)Nc1ccc(C(=O)N2CCN(Cc3ccc(OC)c(F)c3)CC2)cc1OC. The van der Waals surface area contributed by atoms with Crippen molar-refractivity contribution < 1.29 is 27.1 Å². The molecule has 0 radical (unpaired) electrons. The molecule has 3 aromatic rings. The van der Waals surface area contributed by atoms with Crippen molar-refractivity contribution in [2.45, 2.75) is 69.2 Å². The number of ether oxygens (including phenoxy) is 2. The van der Waals surface area contributed by atoms with E-state index in [-0.39, 0.29) is 33.9 Å². The Labute approximate surface area is 277 Å². The summed E-state index contributed by atoms with van der Waals surface area (Å²) in [4.78, 5) is 22.1. The van der Waals surface area contributed by atoms with Crippen molar-refractivity contribution in [1.29, 1.82) is 0 Å². The van der Waals surface area contributed by atoms with Gasteiger partial charge in [0.15, 0.2) is 11.6 Å². The van der Waals surface area contributed by atoms with Gasteiger partial charge >= 0.3 is 0 Å². The highest BCUT2D eigenvalue weighted by molar-refractivity contribution is 7.92. The van der Waals surface area contributed by atoms with Gasteiger partial charge in [-0.1, -0.05) is 50.3 Å². The average Bonchev–Trinajstić information content (AvgIpc) is 3.05. The van der Waals surface area contributed by atoms with Crippen molar-refractivity contribution in [3.63, 3.8) is 0 Å². The highest BCUT2D eigenvalue weighted by atomic mass is 32.2. The first-order valence-corrected chi connectivity index (χ1v) is 17.9. The van der Waals surface area contributed by atoms with Gasteiger partial charge < -0.3 is 14.4 Å². The second kappa shape index (κ2) is 15.8. The molecule has 1 N–H and O–H groups in total. The summed E-state index contributed by atoms with van der Waals surface area (Å²) < 4.78 is 55.1. The number of nitrogens with zero attached hydrogens (tertiary/aromatic N) is 3. The van der Waals surface area contributed by atoms with Gasteiger partial charge in [-0.2, -0.15) is 0 Å². The molecule has 3 aromatic carbocycles. The van der Waals surface area contributed by atoms with Crippen molar-refractivity contribution >= 4 is 33.5 Å². The third kappa shape index (κ3) is 8.31. The number of anilines is 1. The summed E-state index contributed by atoms with van der Waals surface area (Å²) in [5.41, 5.74) is 2.93. The van der Waals surface area contributed by atoms with E-state index in [1.165, 1.54) is 39.5 Å². The number of benzene rings is 3. The zero-order valence-corrected chi connectivity index (χ0v) is 28.3. The van der Waals surface area contributed by atoms with Gasteiger partial charge in [-0.3, -0.25) is 19.4 Å². The molecule has 2 aliphatic rings. The molecule has 1 saturated heterocycles. The zero-order valence-electron chi connectivity index (χ0n) is 27.5. The molecule has 1 aliphatic heterocycles. The van der Waals surface area contributed by atoms with E-state index in [1.807, 2.05) is 12.1 Å². The molecule has 11 heteroatoms. The fraction of sp³-hybridized carbons (Fsp3) is 0.444. The van der Waals surface area contributed by atoms with Crippen LogP contribution in [0.4, 0.5) is 15.8 Å².